The fourth-order valence-corrected chi connectivity index (χ4v) is 5.15. The summed E-state index contributed by atoms with van der Waals surface area (Å²) in [6, 6.07) is 0.627. The van der Waals surface area contributed by atoms with Gasteiger partial charge in [-0.15, -0.1) is 4.36 Å². The number of rotatable bonds is 3. The summed E-state index contributed by atoms with van der Waals surface area (Å²) in [5.41, 5.74) is 4.19. The van der Waals surface area contributed by atoms with Crippen LogP contribution in [0.15, 0.2) is 19.9 Å². The molecule has 0 unspecified atom stereocenters. The van der Waals surface area contributed by atoms with Crippen LogP contribution in [-0.4, -0.2) is 20.3 Å². The number of carbonyl (C=O) groups excluding carboxylic acids is 1. The van der Waals surface area contributed by atoms with Gasteiger partial charge in [0.25, 0.3) is 0 Å². The molecule has 2 heterocycles. The number of hydrogen-bond acceptors (Lipinski definition) is 5. The van der Waals surface area contributed by atoms with Gasteiger partial charge in [-0.05, 0) is 70.4 Å². The first-order chi connectivity index (χ1) is 13.6. The first kappa shape index (κ1) is 20.1. The molecule has 2 aromatic rings. The van der Waals surface area contributed by atoms with Crippen molar-refractivity contribution in [3.8, 4) is 0 Å². The van der Waals surface area contributed by atoms with Gasteiger partial charge >= 0.3 is 6.03 Å². The number of fused-ring (bicyclic) bond motifs is 2. The van der Waals surface area contributed by atoms with Crippen molar-refractivity contribution in [2.24, 2.45) is 9.50 Å². The van der Waals surface area contributed by atoms with Gasteiger partial charge in [-0.3, -0.25) is 4.98 Å². The molecule has 9 heteroatoms. The fourth-order valence-electron chi connectivity index (χ4n) is 4.24. The lowest BCUT2D eigenvalue weighted by atomic mass is 10.00. The first-order valence-corrected chi connectivity index (χ1v) is 11.4. The zero-order valence-corrected chi connectivity index (χ0v) is 17.7. The number of aryl methyl sites for hydroxylation is 3. The monoisotopic (exact) mass is 418 g/mol. The summed E-state index contributed by atoms with van der Waals surface area (Å²) in [4.78, 5) is 17.4. The first-order valence-electron chi connectivity index (χ1n) is 9.79. The lowest BCUT2D eigenvalue weighted by molar-refractivity contribution is 0.0769. The number of pyridine rings is 1. The third-order valence-electron chi connectivity index (χ3n) is 5.54. The standard InChI is InChI=1S/C20H26N4O4S/c1-11-14(20(2,3)26)10-17(28-11)29(21,27)24-19(25)23-18-12-6-4-8-15(12)22-16-9-5-7-13(16)18/h10,26H,4-9H2,1-3H3,(H3,21,22,23,24,25,27)/t29-/m0/s1. The summed E-state index contributed by atoms with van der Waals surface area (Å²) in [5.74, 6) is 0.381. The van der Waals surface area contributed by atoms with Crippen LogP contribution in [0.1, 0.15) is 60.5 Å². The lowest BCUT2D eigenvalue weighted by Gasteiger charge is -2.15. The number of nitrogens with two attached hydrogens (primary N) is 1. The highest BCUT2D eigenvalue weighted by atomic mass is 32.2. The molecular formula is C20H26N4O4S. The Bertz CT molecular complexity index is 1090. The second kappa shape index (κ2) is 6.93. The van der Waals surface area contributed by atoms with E-state index in [1.165, 1.54) is 6.07 Å². The Kier molecular flexibility index (Phi) is 4.79. The lowest BCUT2D eigenvalue weighted by Crippen LogP contribution is -2.19. The topological polar surface area (TPSA) is 131 Å². The summed E-state index contributed by atoms with van der Waals surface area (Å²) < 4.78 is 22.1. The minimum Gasteiger partial charge on any atom is -0.450 e. The van der Waals surface area contributed by atoms with Gasteiger partial charge in [0.15, 0.2) is 9.92 Å². The molecule has 4 rings (SSSR count). The summed E-state index contributed by atoms with van der Waals surface area (Å²) in [6.07, 6.45) is 5.53. The van der Waals surface area contributed by atoms with Crippen LogP contribution in [0.3, 0.4) is 0 Å². The van der Waals surface area contributed by atoms with E-state index in [1.54, 1.807) is 20.8 Å². The Morgan fingerprint density at radius 2 is 1.83 bits per heavy atom. The van der Waals surface area contributed by atoms with Crippen LogP contribution in [0.4, 0.5) is 10.5 Å². The maximum atomic E-state index is 12.9. The van der Waals surface area contributed by atoms with Crippen molar-refractivity contribution in [1.82, 2.24) is 4.98 Å². The van der Waals surface area contributed by atoms with Crippen LogP contribution in [0, 0.1) is 6.92 Å². The summed E-state index contributed by atoms with van der Waals surface area (Å²) >= 11 is 0. The molecule has 0 bridgehead atoms. The molecule has 0 aliphatic heterocycles. The number of aliphatic hydroxyl groups is 1. The van der Waals surface area contributed by atoms with E-state index < -0.39 is 21.5 Å². The Hall–Kier alpha value is -2.23. The van der Waals surface area contributed by atoms with Crippen molar-refractivity contribution in [3.63, 3.8) is 0 Å². The molecule has 29 heavy (non-hydrogen) atoms. The van der Waals surface area contributed by atoms with Crippen molar-refractivity contribution in [1.29, 1.82) is 0 Å². The van der Waals surface area contributed by atoms with Crippen molar-refractivity contribution < 1.29 is 18.5 Å². The molecule has 0 saturated heterocycles. The fraction of sp³-hybridized carbons (Fsp3) is 0.500. The van der Waals surface area contributed by atoms with Crippen LogP contribution in [-0.2, 0) is 41.2 Å². The number of hydrogen-bond donors (Lipinski definition) is 3. The molecule has 0 spiro atoms. The molecule has 0 radical (unpaired) electrons. The molecule has 2 aliphatic carbocycles. The maximum absolute atomic E-state index is 12.9. The quantitative estimate of drug-likeness (QED) is 0.705. The molecule has 2 aliphatic rings. The van der Waals surface area contributed by atoms with E-state index in [-0.39, 0.29) is 5.09 Å². The van der Waals surface area contributed by atoms with Crippen LogP contribution < -0.4 is 10.5 Å². The smallest absolute Gasteiger partial charge is 0.354 e. The zero-order chi connectivity index (χ0) is 21.0. The number of anilines is 1. The van der Waals surface area contributed by atoms with E-state index in [9.17, 15) is 14.1 Å². The normalized spacial score (nSPS) is 17.6. The van der Waals surface area contributed by atoms with Gasteiger partial charge in [0.1, 0.15) is 5.76 Å². The van der Waals surface area contributed by atoms with Gasteiger partial charge in [-0.1, -0.05) is 0 Å². The van der Waals surface area contributed by atoms with Crippen LogP contribution >= 0.6 is 0 Å². The Labute approximate surface area is 170 Å². The molecule has 0 fully saturated rings. The summed E-state index contributed by atoms with van der Waals surface area (Å²) in [7, 11) is -3.60. The van der Waals surface area contributed by atoms with Crippen LogP contribution in [0.2, 0.25) is 0 Å². The minimum atomic E-state index is -3.60. The predicted molar refractivity (Wildman–Crippen MR) is 109 cm³/mol. The average molecular weight is 419 g/mol. The summed E-state index contributed by atoms with van der Waals surface area (Å²) in [5, 5.41) is 18.7. The highest BCUT2D eigenvalue weighted by Gasteiger charge is 2.28. The SMILES string of the molecule is Cc1oc([S@@](N)(=O)=NC(=O)Nc2c3c(nc4c2CCC4)CCC3)cc1C(C)(C)O. The van der Waals surface area contributed by atoms with Crippen molar-refractivity contribution in [2.75, 3.05) is 5.32 Å². The molecule has 2 aromatic heterocycles. The third-order valence-corrected chi connectivity index (χ3v) is 6.76. The second-order valence-corrected chi connectivity index (χ2v) is 9.95. The van der Waals surface area contributed by atoms with Gasteiger partial charge in [0.2, 0.25) is 5.09 Å². The Morgan fingerprint density at radius 1 is 1.24 bits per heavy atom. The van der Waals surface area contributed by atoms with E-state index in [0.29, 0.717) is 11.3 Å². The highest BCUT2D eigenvalue weighted by molar-refractivity contribution is 7.91. The number of aromatic nitrogens is 1. The molecule has 1 atom stereocenters. The van der Waals surface area contributed by atoms with Crippen LogP contribution in [0.25, 0.3) is 0 Å². The van der Waals surface area contributed by atoms with E-state index in [4.69, 9.17) is 14.5 Å². The molecular weight excluding hydrogens is 392 g/mol. The number of urea groups is 1. The number of furan rings is 1. The van der Waals surface area contributed by atoms with E-state index in [0.717, 1.165) is 66.7 Å². The second-order valence-electron chi connectivity index (χ2n) is 8.23. The predicted octanol–water partition coefficient (Wildman–Crippen LogP) is 3.12. The molecule has 0 aromatic carbocycles. The van der Waals surface area contributed by atoms with Crippen LogP contribution in [0.5, 0.6) is 0 Å². The van der Waals surface area contributed by atoms with E-state index in [1.807, 2.05) is 0 Å². The molecule has 156 valence electrons. The molecule has 8 nitrogen and oxygen atoms in total. The Morgan fingerprint density at radius 3 is 2.34 bits per heavy atom. The summed E-state index contributed by atoms with van der Waals surface area (Å²) in [6.45, 7) is 4.80. The largest absolute Gasteiger partial charge is 0.450 e. The number of nitrogens with zero attached hydrogens (tertiary/aromatic N) is 2. The van der Waals surface area contributed by atoms with Gasteiger partial charge in [-0.2, -0.15) is 0 Å². The van der Waals surface area contributed by atoms with Crippen molar-refractivity contribution in [3.05, 3.63) is 39.9 Å². The van der Waals surface area contributed by atoms with Gasteiger partial charge in [0, 0.05) is 23.0 Å². The molecule has 4 N–H and O–H groups in total. The average Bonchev–Trinajstić information content (AvgIpc) is 3.31. The van der Waals surface area contributed by atoms with Crippen molar-refractivity contribution >= 4 is 21.6 Å². The maximum Gasteiger partial charge on any atom is 0.354 e. The Balaban J connectivity index is 1.67. The number of nitrogens with one attached hydrogen (secondary N) is 1. The number of amides is 2. The van der Waals surface area contributed by atoms with Gasteiger partial charge < -0.3 is 14.8 Å². The third kappa shape index (κ3) is 3.70. The molecule has 0 saturated carbocycles. The van der Waals surface area contributed by atoms with Crippen molar-refractivity contribution in [2.45, 2.75) is 70.0 Å². The van der Waals surface area contributed by atoms with Gasteiger partial charge in [0.05, 0.1) is 11.3 Å². The van der Waals surface area contributed by atoms with E-state index in [2.05, 4.69) is 9.68 Å². The zero-order valence-electron chi connectivity index (χ0n) is 16.9. The minimum absolute atomic E-state index is 0.132. The van der Waals surface area contributed by atoms with E-state index >= 15 is 0 Å². The highest BCUT2D eigenvalue weighted by Crippen LogP contribution is 2.36. The van der Waals surface area contributed by atoms with Gasteiger partial charge in [-0.25, -0.2) is 14.1 Å². The number of carbonyl (C=O) groups is 1. The molecule has 2 amide bonds.